The van der Waals surface area contributed by atoms with E-state index in [2.05, 4.69) is 98.6 Å². The van der Waals surface area contributed by atoms with E-state index >= 15 is 0 Å². The molecule has 1 unspecified atom stereocenters. The lowest BCUT2D eigenvalue weighted by Crippen LogP contribution is -2.48. The van der Waals surface area contributed by atoms with Gasteiger partial charge in [-0.25, -0.2) is 0 Å². The molecule has 4 heterocycles. The average Bonchev–Trinajstić information content (AvgIpc) is 3.88. The first-order valence-electron chi connectivity index (χ1n) is 18.8. The molecule has 13 heteroatoms. The molecule has 0 radical (unpaired) electrons. The van der Waals surface area contributed by atoms with Crippen LogP contribution in [0.5, 0.6) is 5.75 Å². The van der Waals surface area contributed by atoms with E-state index in [0.717, 1.165) is 49.1 Å². The minimum Gasteiger partial charge on any atom is -0.491 e. The molecular formula is C40H47ClN8O3S. The van der Waals surface area contributed by atoms with Gasteiger partial charge in [0.2, 0.25) is 5.79 Å². The smallest absolute Gasteiger partial charge is 0.205 e. The van der Waals surface area contributed by atoms with Crippen molar-refractivity contribution in [3.63, 3.8) is 0 Å². The number of thioether (sulfide) groups is 1. The second-order valence-electron chi connectivity index (χ2n) is 15.1. The highest BCUT2D eigenvalue weighted by atomic mass is 35.5. The van der Waals surface area contributed by atoms with E-state index in [1.165, 1.54) is 48.1 Å². The van der Waals surface area contributed by atoms with Crippen molar-refractivity contribution < 1.29 is 14.2 Å². The van der Waals surface area contributed by atoms with Crippen LogP contribution in [0.3, 0.4) is 0 Å². The van der Waals surface area contributed by atoms with Crippen molar-refractivity contribution in [2.75, 3.05) is 59.8 Å². The molecule has 0 amide bonds. The second kappa shape index (κ2) is 13.7. The Morgan fingerprint density at radius 3 is 2.19 bits per heavy atom. The fourth-order valence-electron chi connectivity index (χ4n) is 8.37. The molecule has 3 aromatic carbocycles. The summed E-state index contributed by atoms with van der Waals surface area (Å²) in [5.74, 6) is 0.376. The van der Waals surface area contributed by atoms with Gasteiger partial charge in [-0.1, -0.05) is 42.4 Å². The SMILES string of the molecule is CC[C@@H](C)N1N=CN(c2ccc(N3CCN(c4ccc(OC[C@@H]5CO[C@@](CSc6nncn6C)(c6ccc(Cl)cc6)O5)cc4)CC3)cc2)C12CC21CC1. The zero-order valence-electron chi connectivity index (χ0n) is 30.6. The van der Waals surface area contributed by atoms with E-state index in [0.29, 0.717) is 35.4 Å². The highest BCUT2D eigenvalue weighted by molar-refractivity contribution is 7.99. The van der Waals surface area contributed by atoms with E-state index in [4.69, 9.17) is 30.9 Å². The Hall–Kier alpha value is -3.97. The normalized spacial score (nSPS) is 26.2. The molecule has 278 valence electrons. The zero-order chi connectivity index (χ0) is 36.2. The number of benzene rings is 3. The predicted octanol–water partition coefficient (Wildman–Crippen LogP) is 6.98. The van der Waals surface area contributed by atoms with Crippen LogP contribution in [0.15, 0.2) is 89.4 Å². The summed E-state index contributed by atoms with van der Waals surface area (Å²) in [7, 11) is 1.92. The summed E-state index contributed by atoms with van der Waals surface area (Å²) in [6.45, 7) is 9.23. The molecule has 0 bridgehead atoms. The van der Waals surface area contributed by atoms with E-state index in [1.807, 2.05) is 35.9 Å². The Balaban J connectivity index is 0.776. The Bertz CT molecular complexity index is 1930. The lowest BCUT2D eigenvalue weighted by Gasteiger charge is -2.38. The van der Waals surface area contributed by atoms with Gasteiger partial charge in [0.05, 0.1) is 12.4 Å². The van der Waals surface area contributed by atoms with E-state index in [1.54, 1.807) is 6.33 Å². The van der Waals surface area contributed by atoms with Gasteiger partial charge in [-0.2, -0.15) is 5.10 Å². The summed E-state index contributed by atoms with van der Waals surface area (Å²) in [6.07, 6.45) is 8.51. The van der Waals surface area contributed by atoms with Gasteiger partial charge in [0.25, 0.3) is 0 Å². The van der Waals surface area contributed by atoms with E-state index in [-0.39, 0.29) is 11.8 Å². The molecular weight excluding hydrogens is 708 g/mol. The topological polar surface area (TPSA) is 83.7 Å². The maximum absolute atomic E-state index is 6.58. The average molecular weight is 755 g/mol. The van der Waals surface area contributed by atoms with Crippen molar-refractivity contribution in [2.24, 2.45) is 17.6 Å². The minimum atomic E-state index is -0.944. The van der Waals surface area contributed by atoms with E-state index in [9.17, 15) is 0 Å². The standard InChI is InChI=1S/C40H47ClN8O3S/c1-4-29(2)49-40(25-38(40)17-18-38)48(28-43-49)34-11-9-32(10-12-34)46-19-21-47(22-20-46)33-13-15-35(16-14-33)50-23-36-24-51-39(52-36,30-5-7-31(41)8-6-30)26-53-37-44-42-27-45(37)3/h5-16,27-29,36H,4,17-26H2,1-3H3/t29-,36-,39-,40?/m1/s1. The van der Waals surface area contributed by atoms with Crippen molar-refractivity contribution in [2.45, 2.75) is 68.3 Å². The van der Waals surface area contributed by atoms with E-state index < -0.39 is 5.79 Å². The largest absolute Gasteiger partial charge is 0.491 e. The number of piperazine rings is 1. The molecule has 9 rings (SSSR count). The third-order valence-corrected chi connectivity index (χ3v) is 13.3. The van der Waals surface area contributed by atoms with Crippen molar-refractivity contribution in [1.82, 2.24) is 19.8 Å². The van der Waals surface area contributed by atoms with Crippen LogP contribution in [0.4, 0.5) is 17.1 Å². The number of aryl methyl sites for hydroxylation is 1. The fraction of sp³-hybridized carbons (Fsp3) is 0.475. The monoisotopic (exact) mass is 754 g/mol. The van der Waals surface area contributed by atoms with Crippen molar-refractivity contribution in [1.29, 1.82) is 0 Å². The van der Waals surface area contributed by atoms with Gasteiger partial charge in [0, 0.05) is 78.8 Å². The number of aromatic nitrogens is 3. The lowest BCUT2D eigenvalue weighted by atomic mass is 10.1. The quantitative estimate of drug-likeness (QED) is 0.141. The summed E-state index contributed by atoms with van der Waals surface area (Å²) in [5.41, 5.74) is 5.14. The van der Waals surface area contributed by atoms with Crippen LogP contribution in [0.25, 0.3) is 0 Å². The maximum Gasteiger partial charge on any atom is 0.205 e. The molecule has 2 saturated heterocycles. The number of hydrogen-bond donors (Lipinski definition) is 0. The molecule has 0 N–H and O–H groups in total. The van der Waals surface area contributed by atoms with Gasteiger partial charge >= 0.3 is 0 Å². The van der Waals surface area contributed by atoms with Crippen molar-refractivity contribution >= 4 is 46.8 Å². The van der Waals surface area contributed by atoms with Gasteiger partial charge in [-0.3, -0.25) is 5.01 Å². The van der Waals surface area contributed by atoms with Crippen LogP contribution in [-0.4, -0.2) is 89.1 Å². The van der Waals surface area contributed by atoms with Crippen molar-refractivity contribution in [3.05, 3.63) is 89.7 Å². The first-order chi connectivity index (χ1) is 25.8. The van der Waals surface area contributed by atoms with Crippen molar-refractivity contribution in [3.8, 4) is 5.75 Å². The summed E-state index contributed by atoms with van der Waals surface area (Å²) in [4.78, 5) is 7.41. The number of hydrogen-bond acceptors (Lipinski definition) is 11. The Morgan fingerprint density at radius 2 is 1.58 bits per heavy atom. The van der Waals surface area contributed by atoms with Gasteiger partial charge in [-0.15, -0.1) is 10.2 Å². The van der Waals surface area contributed by atoms with Crippen LogP contribution in [0.1, 0.15) is 45.1 Å². The van der Waals surface area contributed by atoms with Gasteiger partial charge in [0.15, 0.2) is 5.16 Å². The molecule has 2 spiro atoms. The highest BCUT2D eigenvalue weighted by Gasteiger charge is 2.81. The second-order valence-corrected chi connectivity index (χ2v) is 16.5. The molecule has 4 fully saturated rings. The molecule has 3 aliphatic heterocycles. The summed E-state index contributed by atoms with van der Waals surface area (Å²) < 4.78 is 21.1. The molecule has 4 atom stereocenters. The first-order valence-corrected chi connectivity index (χ1v) is 20.2. The summed E-state index contributed by atoms with van der Waals surface area (Å²) in [6, 6.07) is 25.7. The third-order valence-electron chi connectivity index (χ3n) is 11.9. The number of halogens is 1. The van der Waals surface area contributed by atoms with Gasteiger partial charge in [-0.05, 0) is 86.8 Å². The highest BCUT2D eigenvalue weighted by Crippen LogP contribution is 2.77. The number of ether oxygens (including phenoxy) is 3. The molecule has 1 aromatic heterocycles. The molecule has 4 aromatic rings. The van der Waals surface area contributed by atoms with Crippen LogP contribution in [-0.2, 0) is 22.3 Å². The molecule has 11 nitrogen and oxygen atoms in total. The maximum atomic E-state index is 6.58. The Labute approximate surface area is 320 Å². The first kappa shape index (κ1) is 34.8. The number of anilines is 3. The van der Waals surface area contributed by atoms with Gasteiger partial charge in [0.1, 0.15) is 36.8 Å². The minimum absolute atomic E-state index is 0.0524. The number of rotatable bonds is 12. The number of hydrazone groups is 1. The molecule has 5 aliphatic rings. The number of fused-ring (bicyclic) bond motifs is 1. The van der Waals surface area contributed by atoms with Crippen LogP contribution in [0, 0.1) is 5.41 Å². The third kappa shape index (κ3) is 6.31. The summed E-state index contributed by atoms with van der Waals surface area (Å²) >= 11 is 7.74. The van der Waals surface area contributed by atoms with Crippen LogP contribution >= 0.6 is 23.4 Å². The predicted molar refractivity (Wildman–Crippen MR) is 210 cm³/mol. The Kier molecular flexibility index (Phi) is 9.00. The van der Waals surface area contributed by atoms with Crippen LogP contribution < -0.4 is 19.4 Å². The zero-order valence-corrected chi connectivity index (χ0v) is 32.2. The Morgan fingerprint density at radius 1 is 0.925 bits per heavy atom. The van der Waals surface area contributed by atoms with Crippen LogP contribution in [0.2, 0.25) is 5.02 Å². The fourth-order valence-corrected chi connectivity index (χ4v) is 9.49. The number of nitrogens with zero attached hydrogens (tertiary/aromatic N) is 8. The van der Waals surface area contributed by atoms with Gasteiger partial charge < -0.3 is 33.5 Å². The molecule has 2 saturated carbocycles. The summed E-state index contributed by atoms with van der Waals surface area (Å²) in [5, 5.41) is 17.0. The lowest BCUT2D eigenvalue weighted by molar-refractivity contribution is -0.160. The molecule has 53 heavy (non-hydrogen) atoms. The molecule has 2 aliphatic carbocycles.